The summed E-state index contributed by atoms with van der Waals surface area (Å²) >= 11 is 0. The second-order valence-electron chi connectivity index (χ2n) is 8.48. The van der Waals surface area contributed by atoms with Gasteiger partial charge >= 0.3 is 0 Å². The molecule has 2 aliphatic rings. The number of rotatable bonds is 7. The fraction of sp³-hybridized carbons (Fsp3) is 0.696. The van der Waals surface area contributed by atoms with Gasteiger partial charge in [-0.1, -0.05) is 13.0 Å². The molecular formula is C23H39FIN5O. The van der Waals surface area contributed by atoms with Crippen LogP contribution in [0.4, 0.5) is 10.1 Å². The number of halogens is 2. The summed E-state index contributed by atoms with van der Waals surface area (Å²) < 4.78 is 14.7. The largest absolute Gasteiger partial charge is 0.393 e. The number of nitrogens with one attached hydrogen (secondary N) is 1. The maximum absolute atomic E-state index is 14.7. The number of aliphatic hydroxyl groups excluding tert-OH is 1. The Hall–Kier alpha value is -1.13. The normalized spacial score (nSPS) is 20.6. The summed E-state index contributed by atoms with van der Waals surface area (Å²) in [5, 5.41) is 13.0. The summed E-state index contributed by atoms with van der Waals surface area (Å²) in [5.41, 5.74) is 1.49. The molecule has 2 N–H and O–H groups in total. The lowest BCUT2D eigenvalue weighted by molar-refractivity contribution is 0.145. The first-order valence-corrected chi connectivity index (χ1v) is 11.5. The molecule has 0 aliphatic carbocycles. The number of aliphatic hydroxyl groups is 1. The van der Waals surface area contributed by atoms with E-state index in [1.54, 1.807) is 6.07 Å². The van der Waals surface area contributed by atoms with Crippen LogP contribution in [0, 0.1) is 5.82 Å². The van der Waals surface area contributed by atoms with Crippen molar-refractivity contribution in [2.24, 2.45) is 4.99 Å². The number of likely N-dealkylation sites (N-methyl/N-ethyl adjacent to an activating group) is 2. The highest BCUT2D eigenvalue weighted by Gasteiger charge is 2.25. The van der Waals surface area contributed by atoms with Crippen LogP contribution in [0.25, 0.3) is 0 Å². The molecule has 8 heteroatoms. The van der Waals surface area contributed by atoms with Gasteiger partial charge in [0, 0.05) is 39.3 Å². The molecule has 0 spiro atoms. The molecule has 1 aromatic rings. The Kier molecular flexibility index (Phi) is 10.8. The molecule has 3 rings (SSSR count). The van der Waals surface area contributed by atoms with E-state index in [1.165, 1.54) is 19.4 Å². The van der Waals surface area contributed by atoms with E-state index in [0.717, 1.165) is 31.2 Å². The van der Waals surface area contributed by atoms with Crippen LogP contribution in [0.1, 0.15) is 45.1 Å². The van der Waals surface area contributed by atoms with Crippen molar-refractivity contribution in [3.8, 4) is 0 Å². The lowest BCUT2D eigenvalue weighted by atomic mass is 10.1. The number of hydrogen-bond donors (Lipinski definition) is 2. The molecule has 0 saturated carbocycles. The SMILES string of the molecule is CCNC(=NCc1ccc(N2CCC(O)CC2)c(F)c1)N(C)CC1CCCN1CC.I. The minimum atomic E-state index is -0.256. The molecule has 1 atom stereocenters. The van der Waals surface area contributed by atoms with Crippen molar-refractivity contribution in [3.05, 3.63) is 29.6 Å². The molecule has 176 valence electrons. The molecule has 0 aromatic heterocycles. The van der Waals surface area contributed by atoms with Gasteiger partial charge in [0.25, 0.3) is 0 Å². The molecule has 2 heterocycles. The van der Waals surface area contributed by atoms with Gasteiger partial charge in [0.1, 0.15) is 5.82 Å². The van der Waals surface area contributed by atoms with E-state index in [4.69, 9.17) is 4.99 Å². The van der Waals surface area contributed by atoms with Crippen molar-refractivity contribution in [1.29, 1.82) is 0 Å². The Bertz CT molecular complexity index is 711. The average Bonchev–Trinajstić information content (AvgIpc) is 3.19. The van der Waals surface area contributed by atoms with Gasteiger partial charge in [-0.3, -0.25) is 4.90 Å². The molecule has 6 nitrogen and oxygen atoms in total. The Morgan fingerprint density at radius 3 is 2.61 bits per heavy atom. The zero-order chi connectivity index (χ0) is 21.5. The standard InChI is InChI=1S/C23H38FN5O.HI/c1-4-25-23(27(3)17-19-7-6-12-28(19)5-2)26-16-18-8-9-22(21(24)15-18)29-13-10-20(30)11-14-29;/h8-9,15,19-20,30H,4-7,10-14,16-17H2,1-3H3,(H,25,26);1H. The second kappa shape index (κ2) is 12.8. The van der Waals surface area contributed by atoms with Crippen LogP contribution in [-0.2, 0) is 6.54 Å². The summed E-state index contributed by atoms with van der Waals surface area (Å²) in [6.07, 6.45) is 3.63. The van der Waals surface area contributed by atoms with Gasteiger partial charge < -0.3 is 20.2 Å². The first kappa shape index (κ1) is 26.1. The van der Waals surface area contributed by atoms with Crippen LogP contribution in [0.2, 0.25) is 0 Å². The van der Waals surface area contributed by atoms with E-state index in [-0.39, 0.29) is 35.9 Å². The highest BCUT2D eigenvalue weighted by Crippen LogP contribution is 2.24. The van der Waals surface area contributed by atoms with Crippen LogP contribution >= 0.6 is 24.0 Å². The maximum atomic E-state index is 14.7. The van der Waals surface area contributed by atoms with Gasteiger partial charge in [-0.2, -0.15) is 0 Å². The summed E-state index contributed by atoms with van der Waals surface area (Å²) in [4.78, 5) is 11.5. The van der Waals surface area contributed by atoms with Crippen molar-refractivity contribution in [2.45, 2.75) is 58.2 Å². The van der Waals surface area contributed by atoms with E-state index in [2.05, 4.69) is 36.0 Å². The fourth-order valence-corrected chi connectivity index (χ4v) is 4.57. The highest BCUT2D eigenvalue weighted by atomic mass is 127. The van der Waals surface area contributed by atoms with Gasteiger partial charge in [-0.05, 0) is 63.4 Å². The molecule has 0 amide bonds. The predicted octanol–water partition coefficient (Wildman–Crippen LogP) is 3.29. The van der Waals surface area contributed by atoms with E-state index in [0.29, 0.717) is 44.2 Å². The first-order valence-electron chi connectivity index (χ1n) is 11.5. The van der Waals surface area contributed by atoms with Crippen LogP contribution < -0.4 is 10.2 Å². The lowest BCUT2D eigenvalue weighted by Crippen LogP contribution is -2.45. The molecule has 31 heavy (non-hydrogen) atoms. The summed E-state index contributed by atoms with van der Waals surface area (Å²) in [6, 6.07) is 5.99. The van der Waals surface area contributed by atoms with Crippen molar-refractivity contribution >= 4 is 35.6 Å². The number of guanidine groups is 1. The molecule has 0 bridgehead atoms. The van der Waals surface area contributed by atoms with E-state index in [9.17, 15) is 9.50 Å². The summed E-state index contributed by atoms with van der Waals surface area (Å²) in [5.74, 6) is 0.664. The minimum absolute atomic E-state index is 0. The van der Waals surface area contributed by atoms with Crippen LogP contribution in [0.3, 0.4) is 0 Å². The fourth-order valence-electron chi connectivity index (χ4n) is 4.57. The van der Waals surface area contributed by atoms with Crippen molar-refractivity contribution in [3.63, 3.8) is 0 Å². The monoisotopic (exact) mass is 547 g/mol. The van der Waals surface area contributed by atoms with Gasteiger partial charge in [0.05, 0.1) is 18.3 Å². The Morgan fingerprint density at radius 2 is 1.97 bits per heavy atom. The number of hydrogen-bond acceptors (Lipinski definition) is 4. The number of piperidine rings is 1. The second-order valence-corrected chi connectivity index (χ2v) is 8.48. The smallest absolute Gasteiger partial charge is 0.194 e. The van der Waals surface area contributed by atoms with Gasteiger partial charge in [0.2, 0.25) is 0 Å². The zero-order valence-corrected chi connectivity index (χ0v) is 21.5. The van der Waals surface area contributed by atoms with Crippen molar-refractivity contribution < 1.29 is 9.50 Å². The third-order valence-corrected chi connectivity index (χ3v) is 6.31. The zero-order valence-electron chi connectivity index (χ0n) is 19.2. The third-order valence-electron chi connectivity index (χ3n) is 6.31. The van der Waals surface area contributed by atoms with Crippen molar-refractivity contribution in [2.75, 3.05) is 51.2 Å². The molecule has 2 fully saturated rings. The van der Waals surface area contributed by atoms with Crippen LogP contribution in [0.5, 0.6) is 0 Å². The Balaban J connectivity index is 0.00000341. The van der Waals surface area contributed by atoms with E-state index in [1.807, 2.05) is 17.0 Å². The van der Waals surface area contributed by atoms with E-state index >= 15 is 0 Å². The predicted molar refractivity (Wildman–Crippen MR) is 137 cm³/mol. The van der Waals surface area contributed by atoms with Gasteiger partial charge in [-0.15, -0.1) is 24.0 Å². The topological polar surface area (TPSA) is 54.3 Å². The Labute approximate surface area is 203 Å². The number of benzene rings is 1. The van der Waals surface area contributed by atoms with Crippen LogP contribution in [-0.4, -0.2) is 79.3 Å². The maximum Gasteiger partial charge on any atom is 0.194 e. The van der Waals surface area contributed by atoms with Gasteiger partial charge in [-0.25, -0.2) is 9.38 Å². The molecular weight excluding hydrogens is 508 g/mol. The number of nitrogens with zero attached hydrogens (tertiary/aromatic N) is 4. The van der Waals surface area contributed by atoms with Crippen LogP contribution in [0.15, 0.2) is 23.2 Å². The average molecular weight is 548 g/mol. The minimum Gasteiger partial charge on any atom is -0.393 e. The molecule has 1 aromatic carbocycles. The van der Waals surface area contributed by atoms with Gasteiger partial charge in [0.15, 0.2) is 5.96 Å². The lowest BCUT2D eigenvalue weighted by Gasteiger charge is -2.31. The molecule has 2 aliphatic heterocycles. The molecule has 2 saturated heterocycles. The molecule has 1 unspecified atom stereocenters. The number of aliphatic imine (C=N–C) groups is 1. The number of likely N-dealkylation sites (tertiary alicyclic amines) is 1. The third kappa shape index (κ3) is 7.18. The highest BCUT2D eigenvalue weighted by molar-refractivity contribution is 14.0. The summed E-state index contributed by atoms with van der Waals surface area (Å²) in [7, 11) is 2.09. The Morgan fingerprint density at radius 1 is 1.23 bits per heavy atom. The molecule has 0 radical (unpaired) electrons. The van der Waals surface area contributed by atoms with Crippen molar-refractivity contribution in [1.82, 2.24) is 15.1 Å². The quantitative estimate of drug-likeness (QED) is 0.312. The summed E-state index contributed by atoms with van der Waals surface area (Å²) in [6.45, 7) is 10.2. The number of anilines is 1. The van der Waals surface area contributed by atoms with E-state index < -0.39 is 0 Å². The first-order chi connectivity index (χ1) is 14.5.